The Hall–Kier alpha value is -0.897. The Morgan fingerprint density at radius 3 is 1.08 bits per heavy atom. The van der Waals surface area contributed by atoms with Gasteiger partial charge in [-0.1, -0.05) is 13.2 Å². The van der Waals surface area contributed by atoms with Gasteiger partial charge >= 0.3 is 27.5 Å². The van der Waals surface area contributed by atoms with E-state index >= 15 is 0 Å². The van der Waals surface area contributed by atoms with Crippen LogP contribution in [0.4, 0.5) is 0 Å². The van der Waals surface area contributed by atoms with E-state index in [1.165, 1.54) is 0 Å². The Bertz CT molecular complexity index is 147. The molecule has 0 unspecified atom stereocenters. The molecule has 0 saturated carbocycles. The number of hydrogen-bond acceptors (Lipinski definition) is 5. The van der Waals surface area contributed by atoms with E-state index in [1.54, 1.807) is 0 Å². The van der Waals surface area contributed by atoms with Crippen molar-refractivity contribution in [3.63, 3.8) is 0 Å². The molecule has 0 saturated heterocycles. The number of carboxylic acid groups (broad SMARTS) is 2. The Morgan fingerprint density at radius 2 is 1.08 bits per heavy atom. The molecule has 5 nitrogen and oxygen atoms in total. The summed E-state index contributed by atoms with van der Waals surface area (Å²) in [5.41, 5.74) is 0. The Balaban J connectivity index is -0.000000112. The molecule has 0 aromatic heterocycles. The molecule has 0 spiro atoms. The van der Waals surface area contributed by atoms with Crippen LogP contribution in [0.1, 0.15) is 0 Å². The monoisotopic (exact) mass is 248 g/mol. The molecule has 0 radical (unpaired) electrons. The average Bonchev–Trinajstić information content (AvgIpc) is 2.09. The van der Waals surface area contributed by atoms with E-state index in [0.29, 0.717) is 24.7 Å². The molecule has 0 amide bonds. The van der Waals surface area contributed by atoms with Crippen LogP contribution in [0.15, 0.2) is 25.3 Å². The number of aliphatic carboxylic acids is 2. The third kappa shape index (κ3) is 62.1. The molecule has 0 bridgehead atoms. The van der Waals surface area contributed by atoms with Gasteiger partial charge < -0.3 is 19.8 Å². The minimum atomic E-state index is -1.23. The number of carboxylic acids is 2. The summed E-state index contributed by atoms with van der Waals surface area (Å²) in [6.07, 6.45) is 1.44. The normalized spacial score (nSPS) is 5.83. The van der Waals surface area contributed by atoms with Crippen molar-refractivity contribution in [1.82, 2.24) is 0 Å². The summed E-state index contributed by atoms with van der Waals surface area (Å²) < 4.78 is 8.34. The van der Waals surface area contributed by atoms with E-state index in [0.717, 1.165) is 12.2 Å². The van der Waals surface area contributed by atoms with E-state index in [9.17, 15) is 0 Å². The second-order valence-corrected chi connectivity index (χ2v) is 1.05. The van der Waals surface area contributed by atoms with Crippen LogP contribution in [0.3, 0.4) is 0 Å². The third-order valence-electron chi connectivity index (χ3n) is 0.333. The van der Waals surface area contributed by atoms with E-state index in [1.807, 2.05) is 0 Å². The molecular formula is C6H6O5Zr. The second kappa shape index (κ2) is 16.6. The molecule has 64 valence electrons. The van der Waals surface area contributed by atoms with Crippen molar-refractivity contribution in [2.45, 2.75) is 0 Å². The van der Waals surface area contributed by atoms with Gasteiger partial charge in [-0.3, -0.25) is 0 Å². The van der Waals surface area contributed by atoms with Gasteiger partial charge in [-0.05, 0) is 12.2 Å². The number of carbonyl (C=O) groups excluding carboxylic acids is 2. The fourth-order valence-corrected chi connectivity index (χ4v) is 0. The molecule has 0 N–H and O–H groups in total. The van der Waals surface area contributed by atoms with Crippen molar-refractivity contribution in [3.8, 4) is 0 Å². The molecule has 0 aromatic carbocycles. The zero-order valence-electron chi connectivity index (χ0n) is 6.11. The van der Waals surface area contributed by atoms with Crippen LogP contribution in [0.2, 0.25) is 0 Å². The zero-order chi connectivity index (χ0) is 10.6. The maximum atomic E-state index is 9.14. The summed E-state index contributed by atoms with van der Waals surface area (Å²) in [6.45, 7) is 5.80. The first-order valence-electron chi connectivity index (χ1n) is 2.41. The van der Waals surface area contributed by atoms with E-state index < -0.39 is 11.9 Å². The summed E-state index contributed by atoms with van der Waals surface area (Å²) in [7, 11) is 0. The van der Waals surface area contributed by atoms with Gasteiger partial charge in [-0.25, -0.2) is 0 Å². The predicted molar refractivity (Wildman–Crippen MR) is 31.1 cm³/mol. The fraction of sp³-hybridized carbons (Fsp3) is 0. The SMILES string of the molecule is C=CC(=O)[O-].C=CC(=O)[O-].[O]=[Zr+2]. The number of carbonyl (C=O) groups is 2. The molecule has 0 aliphatic heterocycles. The standard InChI is InChI=1S/2C3H4O2.O.Zr/c2*1-2-3(4)5;;/h2*2H,1H2,(H,4,5);;/q;;;+2/p-2. The van der Waals surface area contributed by atoms with Crippen LogP contribution >= 0.6 is 0 Å². The van der Waals surface area contributed by atoms with Crippen LogP contribution < -0.4 is 10.2 Å². The molecule has 0 aromatic rings. The van der Waals surface area contributed by atoms with Gasteiger partial charge in [0.05, 0.1) is 11.9 Å². The molecular weight excluding hydrogens is 243 g/mol. The first-order chi connectivity index (χ1) is 5.54. The average molecular weight is 249 g/mol. The Kier molecular flexibility index (Phi) is 23.9. The molecule has 6 heteroatoms. The first-order valence-corrected chi connectivity index (χ1v) is 3.42. The Morgan fingerprint density at radius 1 is 1.00 bits per heavy atom. The summed E-state index contributed by atoms with van der Waals surface area (Å²) in [5.74, 6) is -2.46. The van der Waals surface area contributed by atoms with Gasteiger partial charge in [0.2, 0.25) is 0 Å². The third-order valence-corrected chi connectivity index (χ3v) is 0.333. The van der Waals surface area contributed by atoms with Crippen LogP contribution in [-0.4, -0.2) is 11.9 Å². The van der Waals surface area contributed by atoms with Crippen molar-refractivity contribution >= 4 is 11.9 Å². The van der Waals surface area contributed by atoms with Crippen molar-refractivity contribution < 1.29 is 47.3 Å². The van der Waals surface area contributed by atoms with Crippen molar-refractivity contribution in [3.05, 3.63) is 25.3 Å². The van der Waals surface area contributed by atoms with E-state index in [2.05, 4.69) is 13.2 Å². The molecule has 0 fully saturated rings. The van der Waals surface area contributed by atoms with Crippen LogP contribution in [-0.2, 0) is 37.1 Å². The predicted octanol–water partition coefficient (Wildman–Crippen LogP) is -2.28. The maximum absolute atomic E-state index is 9.14. The summed E-state index contributed by atoms with van der Waals surface area (Å²) in [6, 6.07) is 0. The summed E-state index contributed by atoms with van der Waals surface area (Å²) >= 11 is 0.300. The number of rotatable bonds is 2. The van der Waals surface area contributed by atoms with Gasteiger partial charge in [0, 0.05) is 0 Å². The topological polar surface area (TPSA) is 97.3 Å². The van der Waals surface area contributed by atoms with Gasteiger partial charge in [0.15, 0.2) is 0 Å². The van der Waals surface area contributed by atoms with Crippen LogP contribution in [0, 0.1) is 0 Å². The van der Waals surface area contributed by atoms with Gasteiger partial charge in [-0.15, -0.1) is 0 Å². The van der Waals surface area contributed by atoms with Gasteiger partial charge in [-0.2, -0.15) is 0 Å². The van der Waals surface area contributed by atoms with E-state index in [-0.39, 0.29) is 0 Å². The quantitative estimate of drug-likeness (QED) is 0.514. The molecule has 0 atom stereocenters. The van der Waals surface area contributed by atoms with Crippen molar-refractivity contribution in [1.29, 1.82) is 0 Å². The number of hydrogen-bond donors (Lipinski definition) is 0. The molecule has 0 heterocycles. The van der Waals surface area contributed by atoms with Crippen molar-refractivity contribution in [2.24, 2.45) is 0 Å². The van der Waals surface area contributed by atoms with Crippen molar-refractivity contribution in [2.75, 3.05) is 0 Å². The zero-order valence-corrected chi connectivity index (χ0v) is 8.57. The van der Waals surface area contributed by atoms with Crippen LogP contribution in [0.25, 0.3) is 0 Å². The van der Waals surface area contributed by atoms with E-state index in [4.69, 9.17) is 22.6 Å². The fourth-order valence-electron chi connectivity index (χ4n) is 0. The minimum absolute atomic E-state index is 0.300. The van der Waals surface area contributed by atoms with Gasteiger partial charge in [0.25, 0.3) is 0 Å². The molecule has 12 heavy (non-hydrogen) atoms. The second-order valence-electron chi connectivity index (χ2n) is 1.05. The molecule has 0 aliphatic rings. The first kappa shape index (κ1) is 17.3. The molecule has 0 aliphatic carbocycles. The molecule has 0 rings (SSSR count). The van der Waals surface area contributed by atoms with Gasteiger partial charge in [0.1, 0.15) is 0 Å². The summed E-state index contributed by atoms with van der Waals surface area (Å²) in [4.78, 5) is 18.3. The Labute approximate surface area is 84.7 Å². The van der Waals surface area contributed by atoms with Crippen LogP contribution in [0.5, 0.6) is 0 Å². The summed E-state index contributed by atoms with van der Waals surface area (Å²) in [5, 5.41) is 18.3.